The van der Waals surface area contributed by atoms with Gasteiger partial charge in [-0.2, -0.15) is 0 Å². The molecule has 1 heterocycles. The maximum atomic E-state index is 10.4. The van der Waals surface area contributed by atoms with Crippen molar-refractivity contribution in [2.45, 2.75) is 37.8 Å². The molecule has 1 aromatic rings. The lowest BCUT2D eigenvalue weighted by molar-refractivity contribution is 0.0842. The van der Waals surface area contributed by atoms with E-state index >= 15 is 0 Å². The molecule has 1 saturated carbocycles. The predicted molar refractivity (Wildman–Crippen MR) is 75.2 cm³/mol. The Kier molecular flexibility index (Phi) is 3.69. The van der Waals surface area contributed by atoms with Gasteiger partial charge in [0.1, 0.15) is 0 Å². The van der Waals surface area contributed by atoms with Crippen molar-refractivity contribution in [2.24, 2.45) is 11.7 Å². The van der Waals surface area contributed by atoms with Gasteiger partial charge in [0.25, 0.3) is 0 Å². The highest BCUT2D eigenvalue weighted by molar-refractivity contribution is 9.10. The van der Waals surface area contributed by atoms with Crippen LogP contribution in [-0.4, -0.2) is 18.0 Å². The molecule has 3 rings (SSSR count). The van der Waals surface area contributed by atoms with Crippen LogP contribution in [0.3, 0.4) is 0 Å². The second-order valence-electron chi connectivity index (χ2n) is 5.29. The maximum absolute atomic E-state index is 10.4. The van der Waals surface area contributed by atoms with Crippen LogP contribution in [0.15, 0.2) is 16.6 Å². The summed E-state index contributed by atoms with van der Waals surface area (Å²) in [4.78, 5) is 0. The molecule has 1 fully saturated rings. The highest BCUT2D eigenvalue weighted by atomic mass is 79.9. The summed E-state index contributed by atoms with van der Waals surface area (Å²) in [6.07, 6.45) is 4.01. The third kappa shape index (κ3) is 2.47. The molecule has 0 unspecified atom stereocenters. The Balaban J connectivity index is 1.84. The quantitative estimate of drug-likeness (QED) is 0.895. The van der Waals surface area contributed by atoms with Crippen molar-refractivity contribution in [3.8, 4) is 11.5 Å². The van der Waals surface area contributed by atoms with E-state index < -0.39 is 12.1 Å². The van der Waals surface area contributed by atoms with Crippen molar-refractivity contribution in [1.29, 1.82) is 0 Å². The van der Waals surface area contributed by atoms with E-state index in [1.54, 1.807) is 0 Å². The van der Waals surface area contributed by atoms with Gasteiger partial charge in [0.15, 0.2) is 11.5 Å². The third-order valence-corrected chi connectivity index (χ3v) is 4.79. The number of hydrogen-bond donors (Lipinski definition) is 2. The van der Waals surface area contributed by atoms with E-state index in [9.17, 15) is 5.11 Å². The Morgan fingerprint density at radius 2 is 1.84 bits per heavy atom. The number of halogens is 1. The van der Waals surface area contributed by atoms with Gasteiger partial charge in [-0.15, -0.1) is 0 Å². The molecule has 5 heteroatoms. The lowest BCUT2D eigenvalue weighted by Crippen LogP contribution is -2.32. The molecule has 0 spiro atoms. The minimum atomic E-state index is -0.501. The van der Waals surface area contributed by atoms with Crippen LogP contribution >= 0.6 is 15.9 Å². The second-order valence-corrected chi connectivity index (χ2v) is 6.14. The molecule has 0 bridgehead atoms. The van der Waals surface area contributed by atoms with E-state index in [0.29, 0.717) is 11.7 Å². The smallest absolute Gasteiger partial charge is 0.231 e. The number of aliphatic hydroxyl groups excluding tert-OH is 1. The molecule has 104 valence electrons. The van der Waals surface area contributed by atoms with E-state index in [4.69, 9.17) is 15.2 Å². The fraction of sp³-hybridized carbons (Fsp3) is 0.571. The van der Waals surface area contributed by atoms with Crippen LogP contribution in [0.25, 0.3) is 0 Å². The molecule has 4 nitrogen and oxygen atoms in total. The number of hydrogen-bond acceptors (Lipinski definition) is 4. The topological polar surface area (TPSA) is 64.7 Å². The molecule has 0 saturated heterocycles. The van der Waals surface area contributed by atoms with E-state index in [0.717, 1.165) is 28.6 Å². The van der Waals surface area contributed by atoms with Gasteiger partial charge in [-0.3, -0.25) is 0 Å². The number of benzene rings is 1. The molecule has 2 aliphatic rings. The van der Waals surface area contributed by atoms with Crippen LogP contribution in [0, 0.1) is 5.92 Å². The van der Waals surface area contributed by atoms with Crippen LogP contribution in [0.4, 0.5) is 0 Å². The molecule has 3 N–H and O–H groups in total. The van der Waals surface area contributed by atoms with Crippen molar-refractivity contribution in [1.82, 2.24) is 0 Å². The van der Waals surface area contributed by atoms with E-state index in [1.807, 2.05) is 12.1 Å². The second kappa shape index (κ2) is 5.31. The average Bonchev–Trinajstić information content (AvgIpc) is 3.06. The number of aliphatic hydroxyl groups is 1. The molecule has 0 amide bonds. The normalized spacial score (nSPS) is 21.6. The van der Waals surface area contributed by atoms with Crippen LogP contribution in [0.5, 0.6) is 11.5 Å². The zero-order chi connectivity index (χ0) is 13.4. The van der Waals surface area contributed by atoms with Gasteiger partial charge in [0.2, 0.25) is 6.79 Å². The minimum absolute atomic E-state index is 0.242. The summed E-state index contributed by atoms with van der Waals surface area (Å²) < 4.78 is 11.6. The lowest BCUT2D eigenvalue weighted by atomic mass is 9.91. The molecule has 2 atom stereocenters. The Bertz CT molecular complexity index is 474. The standard InChI is InChI=1S/C14H18BrNO3/c15-10-6-12-11(18-7-19-12)5-9(10)13(16)14(17)8-3-1-2-4-8/h5-6,8,13-14,17H,1-4,7,16H2/t13-,14+/m1/s1. The zero-order valence-corrected chi connectivity index (χ0v) is 12.2. The molecular weight excluding hydrogens is 310 g/mol. The molecule has 19 heavy (non-hydrogen) atoms. The Morgan fingerprint density at radius 3 is 2.53 bits per heavy atom. The zero-order valence-electron chi connectivity index (χ0n) is 10.6. The van der Waals surface area contributed by atoms with Gasteiger partial charge in [-0.1, -0.05) is 28.8 Å². The number of rotatable bonds is 3. The Hall–Kier alpha value is -0.780. The number of nitrogens with two attached hydrogens (primary N) is 1. The van der Waals surface area contributed by atoms with Gasteiger partial charge in [0.05, 0.1) is 12.1 Å². The summed E-state index contributed by atoms with van der Waals surface area (Å²) in [5.41, 5.74) is 7.12. The van der Waals surface area contributed by atoms with Crippen molar-refractivity contribution in [3.05, 3.63) is 22.2 Å². The molecule has 1 aliphatic heterocycles. The molecular formula is C14H18BrNO3. The SMILES string of the molecule is N[C@H](c1cc2c(cc1Br)OCO2)[C@@H](O)C1CCCC1. The highest BCUT2D eigenvalue weighted by Gasteiger charge is 2.30. The first-order valence-electron chi connectivity index (χ1n) is 6.69. The van der Waals surface area contributed by atoms with Gasteiger partial charge in [0, 0.05) is 4.47 Å². The van der Waals surface area contributed by atoms with Gasteiger partial charge < -0.3 is 20.3 Å². The maximum Gasteiger partial charge on any atom is 0.231 e. The van der Waals surface area contributed by atoms with Crippen LogP contribution in [0.1, 0.15) is 37.3 Å². The van der Waals surface area contributed by atoms with Crippen molar-refractivity contribution < 1.29 is 14.6 Å². The summed E-state index contributed by atoms with van der Waals surface area (Å²) in [6.45, 7) is 0.242. The fourth-order valence-corrected chi connectivity index (χ4v) is 3.55. The fourth-order valence-electron chi connectivity index (χ4n) is 2.96. The first-order chi connectivity index (χ1) is 9.16. The van der Waals surface area contributed by atoms with Gasteiger partial charge >= 0.3 is 0 Å². The van der Waals surface area contributed by atoms with Crippen LogP contribution < -0.4 is 15.2 Å². The average molecular weight is 328 g/mol. The van der Waals surface area contributed by atoms with Gasteiger partial charge in [-0.05, 0) is 36.5 Å². The van der Waals surface area contributed by atoms with Crippen molar-refractivity contribution >= 4 is 15.9 Å². The van der Waals surface area contributed by atoms with E-state index in [-0.39, 0.29) is 6.79 Å². The van der Waals surface area contributed by atoms with Crippen molar-refractivity contribution in [3.63, 3.8) is 0 Å². The summed E-state index contributed by atoms with van der Waals surface area (Å²) in [5, 5.41) is 10.4. The summed E-state index contributed by atoms with van der Waals surface area (Å²) in [7, 11) is 0. The molecule has 1 aliphatic carbocycles. The van der Waals surface area contributed by atoms with Crippen molar-refractivity contribution in [2.75, 3.05) is 6.79 Å². The first kappa shape index (κ1) is 13.2. The van der Waals surface area contributed by atoms with E-state index in [2.05, 4.69) is 15.9 Å². The predicted octanol–water partition coefficient (Wildman–Crippen LogP) is 2.73. The third-order valence-electron chi connectivity index (χ3n) is 4.10. The van der Waals surface area contributed by atoms with Crippen LogP contribution in [-0.2, 0) is 0 Å². The molecule has 0 aromatic heterocycles. The number of fused-ring (bicyclic) bond motifs is 1. The summed E-state index contributed by atoms with van der Waals surface area (Å²) in [6, 6.07) is 3.33. The Morgan fingerprint density at radius 1 is 1.21 bits per heavy atom. The monoisotopic (exact) mass is 327 g/mol. The lowest BCUT2D eigenvalue weighted by Gasteiger charge is -2.25. The van der Waals surface area contributed by atoms with Crippen LogP contribution in [0.2, 0.25) is 0 Å². The minimum Gasteiger partial charge on any atom is -0.454 e. The number of ether oxygens (including phenoxy) is 2. The van der Waals surface area contributed by atoms with E-state index in [1.165, 1.54) is 12.8 Å². The summed E-state index contributed by atoms with van der Waals surface area (Å²) >= 11 is 3.50. The first-order valence-corrected chi connectivity index (χ1v) is 7.49. The molecule has 0 radical (unpaired) electrons. The highest BCUT2D eigenvalue weighted by Crippen LogP contribution is 2.41. The largest absolute Gasteiger partial charge is 0.454 e. The summed E-state index contributed by atoms with van der Waals surface area (Å²) in [5.74, 6) is 1.73. The molecule has 1 aromatic carbocycles. The van der Waals surface area contributed by atoms with Gasteiger partial charge in [-0.25, -0.2) is 0 Å². The Labute approximate surface area is 121 Å².